The van der Waals surface area contributed by atoms with Crippen LogP contribution in [-0.4, -0.2) is 28.2 Å². The smallest absolute Gasteiger partial charge is 0.255 e. The lowest BCUT2D eigenvalue weighted by molar-refractivity contribution is -0.116. The maximum absolute atomic E-state index is 14.1. The van der Waals surface area contributed by atoms with Crippen LogP contribution in [0.15, 0.2) is 77.4 Å². The Labute approximate surface area is 192 Å². The minimum Gasteiger partial charge on any atom is -0.361 e. The van der Waals surface area contributed by atoms with Crippen LogP contribution in [0, 0.1) is 5.82 Å². The van der Waals surface area contributed by atoms with Gasteiger partial charge in [-0.2, -0.15) is 0 Å². The van der Waals surface area contributed by atoms with Crippen molar-refractivity contribution in [3.8, 4) is 0 Å². The van der Waals surface area contributed by atoms with Crippen LogP contribution in [0.4, 0.5) is 10.1 Å². The molecule has 1 atom stereocenters. The standard InChI is InChI=1S/C25H19BrFN3O2/c26-15-9-10-22(20(27)13-15)29-23(31)11-12-30-24(17-6-1-2-7-18(17)25(30)32)19-14-28-21-8-4-3-5-16(19)21/h1-10,13-14,24,28H,11-12H2,(H,29,31)/t24-/m1/s1. The number of amides is 2. The van der Waals surface area contributed by atoms with Gasteiger partial charge in [0.2, 0.25) is 5.91 Å². The number of benzene rings is 3. The number of hydrogen-bond donors (Lipinski definition) is 2. The van der Waals surface area contributed by atoms with E-state index in [0.717, 1.165) is 22.0 Å². The number of halogens is 2. The van der Waals surface area contributed by atoms with E-state index in [1.54, 1.807) is 11.0 Å². The molecule has 4 aromatic rings. The van der Waals surface area contributed by atoms with Gasteiger partial charge >= 0.3 is 0 Å². The largest absolute Gasteiger partial charge is 0.361 e. The van der Waals surface area contributed by atoms with Crippen molar-refractivity contribution >= 4 is 44.3 Å². The van der Waals surface area contributed by atoms with Gasteiger partial charge in [0.1, 0.15) is 5.82 Å². The number of fused-ring (bicyclic) bond motifs is 2. The fourth-order valence-corrected chi connectivity index (χ4v) is 4.62. The Hall–Kier alpha value is -3.45. The number of aromatic nitrogens is 1. The zero-order valence-corrected chi connectivity index (χ0v) is 18.5. The molecule has 2 heterocycles. The normalized spacial score (nSPS) is 15.2. The molecule has 1 aliphatic heterocycles. The van der Waals surface area contributed by atoms with E-state index in [2.05, 4.69) is 26.2 Å². The quantitative estimate of drug-likeness (QED) is 0.379. The molecule has 1 aliphatic rings. The van der Waals surface area contributed by atoms with Crippen LogP contribution in [0.25, 0.3) is 10.9 Å². The first-order valence-corrected chi connectivity index (χ1v) is 11.0. The zero-order valence-electron chi connectivity index (χ0n) is 16.9. The van der Waals surface area contributed by atoms with Crippen molar-refractivity contribution in [3.05, 3.63) is 99.9 Å². The van der Waals surface area contributed by atoms with Crippen molar-refractivity contribution in [2.24, 2.45) is 0 Å². The van der Waals surface area contributed by atoms with Crippen molar-refractivity contribution in [1.29, 1.82) is 0 Å². The summed E-state index contributed by atoms with van der Waals surface area (Å²) in [7, 11) is 0. The Bertz CT molecular complexity index is 1350. The zero-order chi connectivity index (χ0) is 22.2. The average Bonchev–Trinajstić information content (AvgIpc) is 3.33. The molecule has 1 aromatic heterocycles. The van der Waals surface area contributed by atoms with Gasteiger partial charge in [-0.25, -0.2) is 4.39 Å². The summed E-state index contributed by atoms with van der Waals surface area (Å²) in [6.07, 6.45) is 1.98. The number of rotatable bonds is 5. The molecule has 0 aliphatic carbocycles. The van der Waals surface area contributed by atoms with E-state index in [1.165, 1.54) is 12.1 Å². The SMILES string of the molecule is O=C(CCN1C(=O)c2ccccc2[C@@H]1c1c[nH]c2ccccc12)Nc1ccc(Br)cc1F. The van der Waals surface area contributed by atoms with E-state index in [4.69, 9.17) is 0 Å². The van der Waals surface area contributed by atoms with Gasteiger partial charge in [0.05, 0.1) is 11.7 Å². The Morgan fingerprint density at radius 3 is 2.69 bits per heavy atom. The molecule has 0 saturated carbocycles. The van der Waals surface area contributed by atoms with Gasteiger partial charge in [-0.05, 0) is 35.9 Å². The second-order valence-electron chi connectivity index (χ2n) is 7.70. The number of nitrogens with one attached hydrogen (secondary N) is 2. The van der Waals surface area contributed by atoms with Crippen molar-refractivity contribution in [2.75, 3.05) is 11.9 Å². The number of nitrogens with zero attached hydrogens (tertiary/aromatic N) is 1. The second-order valence-corrected chi connectivity index (χ2v) is 8.62. The molecular weight excluding hydrogens is 473 g/mol. The highest BCUT2D eigenvalue weighted by atomic mass is 79.9. The molecule has 5 nitrogen and oxygen atoms in total. The second kappa shape index (κ2) is 8.24. The van der Waals surface area contributed by atoms with E-state index in [0.29, 0.717) is 10.0 Å². The molecule has 0 fully saturated rings. The Balaban J connectivity index is 1.42. The Morgan fingerprint density at radius 2 is 1.84 bits per heavy atom. The fourth-order valence-electron chi connectivity index (χ4n) is 4.28. The number of anilines is 1. The number of aromatic amines is 1. The van der Waals surface area contributed by atoms with E-state index in [-0.39, 0.29) is 36.5 Å². The van der Waals surface area contributed by atoms with Gasteiger partial charge in [0, 0.05) is 45.7 Å². The molecule has 5 rings (SSSR count). The lowest BCUT2D eigenvalue weighted by Crippen LogP contribution is -2.32. The van der Waals surface area contributed by atoms with Gasteiger partial charge in [-0.1, -0.05) is 52.3 Å². The first-order valence-electron chi connectivity index (χ1n) is 10.2. The predicted molar refractivity (Wildman–Crippen MR) is 125 cm³/mol. The minimum atomic E-state index is -0.519. The Morgan fingerprint density at radius 1 is 1.06 bits per heavy atom. The molecule has 0 radical (unpaired) electrons. The fraction of sp³-hybridized carbons (Fsp3) is 0.120. The summed E-state index contributed by atoms with van der Waals surface area (Å²) in [4.78, 5) is 30.8. The molecule has 7 heteroatoms. The van der Waals surface area contributed by atoms with Crippen molar-refractivity contribution in [3.63, 3.8) is 0 Å². The number of para-hydroxylation sites is 1. The summed E-state index contributed by atoms with van der Waals surface area (Å²) in [5, 5.41) is 3.63. The van der Waals surface area contributed by atoms with Crippen LogP contribution in [0.2, 0.25) is 0 Å². The first-order chi connectivity index (χ1) is 15.5. The van der Waals surface area contributed by atoms with Crippen LogP contribution in [-0.2, 0) is 4.79 Å². The molecule has 0 unspecified atom stereocenters. The summed E-state index contributed by atoms with van der Waals surface area (Å²) in [5.41, 5.74) is 3.65. The highest BCUT2D eigenvalue weighted by Gasteiger charge is 2.38. The highest BCUT2D eigenvalue weighted by Crippen LogP contribution is 2.41. The van der Waals surface area contributed by atoms with Gasteiger partial charge in [-0.15, -0.1) is 0 Å². The van der Waals surface area contributed by atoms with Gasteiger partial charge in [-0.3, -0.25) is 9.59 Å². The summed E-state index contributed by atoms with van der Waals surface area (Å²) < 4.78 is 14.7. The monoisotopic (exact) mass is 491 g/mol. The predicted octanol–water partition coefficient (Wildman–Crippen LogP) is 5.64. The van der Waals surface area contributed by atoms with E-state index < -0.39 is 5.82 Å². The molecule has 160 valence electrons. The lowest BCUT2D eigenvalue weighted by Gasteiger charge is -2.25. The molecule has 2 amide bonds. The van der Waals surface area contributed by atoms with Crippen molar-refractivity contribution in [2.45, 2.75) is 12.5 Å². The summed E-state index contributed by atoms with van der Waals surface area (Å²) >= 11 is 3.20. The molecule has 32 heavy (non-hydrogen) atoms. The Kier molecular flexibility index (Phi) is 5.27. The number of H-pyrrole nitrogens is 1. The maximum atomic E-state index is 14.1. The summed E-state index contributed by atoms with van der Waals surface area (Å²) in [6.45, 7) is 0.210. The molecule has 0 bridgehead atoms. The van der Waals surface area contributed by atoms with E-state index >= 15 is 0 Å². The maximum Gasteiger partial charge on any atom is 0.255 e. The molecule has 2 N–H and O–H groups in total. The van der Waals surface area contributed by atoms with Crippen LogP contribution < -0.4 is 5.32 Å². The lowest BCUT2D eigenvalue weighted by atomic mass is 9.97. The average molecular weight is 492 g/mol. The van der Waals surface area contributed by atoms with Crippen LogP contribution in [0.3, 0.4) is 0 Å². The van der Waals surface area contributed by atoms with Gasteiger partial charge in [0.25, 0.3) is 5.91 Å². The number of carbonyl (C=O) groups is 2. The molecule has 0 spiro atoms. The number of hydrogen-bond acceptors (Lipinski definition) is 2. The van der Waals surface area contributed by atoms with E-state index in [1.807, 2.05) is 54.7 Å². The number of carbonyl (C=O) groups excluding carboxylic acids is 2. The van der Waals surface area contributed by atoms with Crippen LogP contribution in [0.5, 0.6) is 0 Å². The highest BCUT2D eigenvalue weighted by molar-refractivity contribution is 9.10. The van der Waals surface area contributed by atoms with Crippen LogP contribution in [0.1, 0.15) is 33.9 Å². The molecule has 3 aromatic carbocycles. The first kappa shape index (κ1) is 20.5. The minimum absolute atomic E-state index is 0.0497. The van der Waals surface area contributed by atoms with Crippen molar-refractivity contribution < 1.29 is 14.0 Å². The van der Waals surface area contributed by atoms with Gasteiger partial charge < -0.3 is 15.2 Å². The third kappa shape index (κ3) is 3.58. The van der Waals surface area contributed by atoms with Crippen LogP contribution >= 0.6 is 15.9 Å². The topological polar surface area (TPSA) is 65.2 Å². The summed E-state index contributed by atoms with van der Waals surface area (Å²) in [6, 6.07) is 19.6. The third-order valence-electron chi connectivity index (χ3n) is 5.76. The molecule has 0 saturated heterocycles. The molecular formula is C25H19BrFN3O2. The third-order valence-corrected chi connectivity index (χ3v) is 6.25. The van der Waals surface area contributed by atoms with E-state index in [9.17, 15) is 14.0 Å². The summed E-state index contributed by atoms with van der Waals surface area (Å²) in [5.74, 6) is -0.986. The van der Waals surface area contributed by atoms with Crippen molar-refractivity contribution in [1.82, 2.24) is 9.88 Å². The van der Waals surface area contributed by atoms with Gasteiger partial charge in [0.15, 0.2) is 0 Å².